The molecule has 0 aliphatic rings. The average molecular weight is 378 g/mol. The molecule has 1 atom stereocenters. The predicted octanol–water partition coefficient (Wildman–Crippen LogP) is 3.41. The zero-order valence-corrected chi connectivity index (χ0v) is 15.8. The lowest BCUT2D eigenvalue weighted by molar-refractivity contribution is -0.115. The lowest BCUT2D eigenvalue weighted by Gasteiger charge is -2.15. The van der Waals surface area contributed by atoms with Gasteiger partial charge in [0.05, 0.1) is 27.8 Å². The van der Waals surface area contributed by atoms with Gasteiger partial charge in [0.15, 0.2) is 5.16 Å². The summed E-state index contributed by atoms with van der Waals surface area (Å²) in [6.45, 7) is 4.10. The number of rotatable bonds is 5. The van der Waals surface area contributed by atoms with Crippen LogP contribution < -0.4 is 10.9 Å². The number of anilines is 1. The first-order valence-electron chi connectivity index (χ1n) is 8.50. The molecule has 0 radical (unpaired) electrons. The zero-order valence-electron chi connectivity index (χ0n) is 15.0. The maximum Gasteiger partial charge on any atom is 0.262 e. The quantitative estimate of drug-likeness (QED) is 0.543. The molecule has 0 bridgehead atoms. The minimum absolute atomic E-state index is 0.111. The molecule has 3 rings (SSSR count). The molecule has 0 fully saturated rings. The van der Waals surface area contributed by atoms with E-state index in [1.807, 2.05) is 25.1 Å². The van der Waals surface area contributed by atoms with Gasteiger partial charge in [-0.1, -0.05) is 30.0 Å². The van der Waals surface area contributed by atoms with Crippen molar-refractivity contribution in [1.29, 1.82) is 5.26 Å². The normalized spacial score (nSPS) is 11.7. The van der Waals surface area contributed by atoms with Crippen molar-refractivity contribution in [2.75, 3.05) is 5.32 Å². The first-order chi connectivity index (χ1) is 13.0. The Morgan fingerprint density at radius 2 is 2.07 bits per heavy atom. The number of nitrogens with zero attached hydrogens (tertiary/aromatic N) is 3. The lowest BCUT2D eigenvalue weighted by Crippen LogP contribution is -2.26. The Hall–Kier alpha value is -3.11. The topological polar surface area (TPSA) is 87.8 Å². The lowest BCUT2D eigenvalue weighted by atomic mass is 10.2. The molecule has 6 nitrogen and oxygen atoms in total. The molecule has 1 N–H and O–H groups in total. The number of hydrogen-bond donors (Lipinski definition) is 1. The van der Waals surface area contributed by atoms with E-state index in [0.29, 0.717) is 33.9 Å². The van der Waals surface area contributed by atoms with E-state index in [-0.39, 0.29) is 11.5 Å². The third kappa shape index (κ3) is 4.01. The highest BCUT2D eigenvalue weighted by Gasteiger charge is 2.19. The SMILES string of the molecule is CCn1c(S[C@H](C)C(=O)Nc2cccc(C#N)c2)nc2ccccc2c1=O. The van der Waals surface area contributed by atoms with E-state index in [1.165, 1.54) is 11.8 Å². The molecule has 2 aromatic carbocycles. The van der Waals surface area contributed by atoms with Gasteiger partial charge in [-0.15, -0.1) is 0 Å². The number of hydrogen-bond acceptors (Lipinski definition) is 5. The average Bonchev–Trinajstić information content (AvgIpc) is 2.68. The van der Waals surface area contributed by atoms with E-state index >= 15 is 0 Å². The largest absolute Gasteiger partial charge is 0.325 e. The van der Waals surface area contributed by atoms with Gasteiger partial charge in [0.1, 0.15) is 0 Å². The predicted molar refractivity (Wildman–Crippen MR) is 107 cm³/mol. The Balaban J connectivity index is 1.84. The Labute approximate surface area is 160 Å². The molecule has 136 valence electrons. The number of aromatic nitrogens is 2. The molecule has 27 heavy (non-hydrogen) atoms. The summed E-state index contributed by atoms with van der Waals surface area (Å²) in [6.07, 6.45) is 0. The Kier molecular flexibility index (Phi) is 5.57. The molecule has 0 saturated heterocycles. The molecule has 0 spiro atoms. The molecule has 0 aliphatic heterocycles. The number of amides is 1. The van der Waals surface area contributed by atoms with Gasteiger partial charge in [-0.05, 0) is 44.2 Å². The summed E-state index contributed by atoms with van der Waals surface area (Å²) in [4.78, 5) is 29.8. The first kappa shape index (κ1) is 18.7. The summed E-state index contributed by atoms with van der Waals surface area (Å²) in [7, 11) is 0. The number of benzene rings is 2. The van der Waals surface area contributed by atoms with Crippen molar-refractivity contribution >= 4 is 34.3 Å². The van der Waals surface area contributed by atoms with Gasteiger partial charge >= 0.3 is 0 Å². The molecule has 7 heteroatoms. The number of carbonyl (C=O) groups is 1. The van der Waals surface area contributed by atoms with Crippen LogP contribution in [-0.2, 0) is 11.3 Å². The highest BCUT2D eigenvalue weighted by molar-refractivity contribution is 8.00. The molecule has 0 aliphatic carbocycles. The number of nitriles is 1. The molecule has 3 aromatic rings. The number of nitrogens with one attached hydrogen (secondary N) is 1. The first-order valence-corrected chi connectivity index (χ1v) is 9.38. The van der Waals surface area contributed by atoms with Crippen LogP contribution in [0.2, 0.25) is 0 Å². The third-order valence-corrected chi connectivity index (χ3v) is 5.14. The molecule has 0 saturated carbocycles. The van der Waals surface area contributed by atoms with Gasteiger partial charge in [-0.3, -0.25) is 14.2 Å². The highest BCUT2D eigenvalue weighted by Crippen LogP contribution is 2.23. The van der Waals surface area contributed by atoms with Crippen molar-refractivity contribution < 1.29 is 4.79 Å². The van der Waals surface area contributed by atoms with Crippen LogP contribution in [0.4, 0.5) is 5.69 Å². The number of carbonyl (C=O) groups excluding carboxylic acids is 1. The summed E-state index contributed by atoms with van der Waals surface area (Å²) < 4.78 is 1.58. The standard InChI is InChI=1S/C20H18N4O2S/c1-3-24-19(26)16-9-4-5-10-17(16)23-20(24)27-13(2)18(25)22-15-8-6-7-14(11-15)12-21/h4-11,13H,3H2,1-2H3,(H,22,25)/t13-/m1/s1. The summed E-state index contributed by atoms with van der Waals surface area (Å²) in [5, 5.41) is 12.4. The highest BCUT2D eigenvalue weighted by atomic mass is 32.2. The van der Waals surface area contributed by atoms with E-state index in [0.717, 1.165) is 0 Å². The molecular formula is C20H18N4O2S. The van der Waals surface area contributed by atoms with Crippen LogP contribution in [0.5, 0.6) is 0 Å². The summed E-state index contributed by atoms with van der Waals surface area (Å²) in [5.41, 5.74) is 1.54. The van der Waals surface area contributed by atoms with Crippen molar-refractivity contribution in [3.8, 4) is 6.07 Å². The molecule has 1 aromatic heterocycles. The number of thioether (sulfide) groups is 1. The minimum Gasteiger partial charge on any atom is -0.325 e. The Morgan fingerprint density at radius 3 is 2.81 bits per heavy atom. The van der Waals surface area contributed by atoms with Gasteiger partial charge in [0.2, 0.25) is 5.91 Å². The third-order valence-electron chi connectivity index (χ3n) is 4.05. The second-order valence-electron chi connectivity index (χ2n) is 5.90. The molecule has 0 unspecified atom stereocenters. The maximum absolute atomic E-state index is 12.7. The van der Waals surface area contributed by atoms with Gasteiger partial charge in [0.25, 0.3) is 5.56 Å². The van der Waals surface area contributed by atoms with Gasteiger partial charge in [-0.25, -0.2) is 4.98 Å². The molecule has 1 heterocycles. The van der Waals surface area contributed by atoms with E-state index in [2.05, 4.69) is 10.3 Å². The second-order valence-corrected chi connectivity index (χ2v) is 7.21. The van der Waals surface area contributed by atoms with E-state index in [1.54, 1.807) is 47.9 Å². The van der Waals surface area contributed by atoms with Gasteiger partial charge in [0, 0.05) is 12.2 Å². The van der Waals surface area contributed by atoms with Crippen LogP contribution in [0.25, 0.3) is 10.9 Å². The van der Waals surface area contributed by atoms with Crippen LogP contribution in [0, 0.1) is 11.3 Å². The fourth-order valence-corrected chi connectivity index (χ4v) is 3.61. The fourth-order valence-electron chi connectivity index (χ4n) is 2.64. The maximum atomic E-state index is 12.7. The molecule has 1 amide bonds. The van der Waals surface area contributed by atoms with Crippen molar-refractivity contribution in [3.63, 3.8) is 0 Å². The fraction of sp³-hybridized carbons (Fsp3) is 0.200. The van der Waals surface area contributed by atoms with Crippen LogP contribution in [-0.4, -0.2) is 20.7 Å². The number of para-hydroxylation sites is 1. The Bertz CT molecular complexity index is 1100. The summed E-state index contributed by atoms with van der Waals surface area (Å²) in [5.74, 6) is -0.222. The van der Waals surface area contributed by atoms with E-state index < -0.39 is 5.25 Å². The van der Waals surface area contributed by atoms with Crippen LogP contribution in [0.1, 0.15) is 19.4 Å². The number of fused-ring (bicyclic) bond motifs is 1. The van der Waals surface area contributed by atoms with Crippen LogP contribution in [0.15, 0.2) is 58.5 Å². The minimum atomic E-state index is -0.471. The monoisotopic (exact) mass is 378 g/mol. The van der Waals surface area contributed by atoms with Crippen LogP contribution in [0.3, 0.4) is 0 Å². The van der Waals surface area contributed by atoms with Gasteiger partial charge in [-0.2, -0.15) is 5.26 Å². The van der Waals surface area contributed by atoms with E-state index in [4.69, 9.17) is 5.26 Å². The van der Waals surface area contributed by atoms with Crippen molar-refractivity contribution in [2.45, 2.75) is 30.8 Å². The van der Waals surface area contributed by atoms with Crippen molar-refractivity contribution in [1.82, 2.24) is 9.55 Å². The zero-order chi connectivity index (χ0) is 19.4. The summed E-state index contributed by atoms with van der Waals surface area (Å²) >= 11 is 1.24. The van der Waals surface area contributed by atoms with Gasteiger partial charge < -0.3 is 5.32 Å². The molecular weight excluding hydrogens is 360 g/mol. The van der Waals surface area contributed by atoms with Crippen molar-refractivity contribution in [3.05, 3.63) is 64.4 Å². The van der Waals surface area contributed by atoms with Crippen molar-refractivity contribution in [2.24, 2.45) is 0 Å². The Morgan fingerprint density at radius 1 is 1.30 bits per heavy atom. The van der Waals surface area contributed by atoms with E-state index in [9.17, 15) is 9.59 Å². The summed E-state index contributed by atoms with van der Waals surface area (Å²) in [6, 6.07) is 16.0. The second kappa shape index (κ2) is 8.06. The smallest absolute Gasteiger partial charge is 0.262 e. The van der Waals surface area contributed by atoms with Crippen LogP contribution >= 0.6 is 11.8 Å².